The van der Waals surface area contributed by atoms with E-state index in [2.05, 4.69) is 30.8 Å². The summed E-state index contributed by atoms with van der Waals surface area (Å²) in [5.74, 6) is 0.782. The standard InChI is InChI=1S/C14H26ClN5/c1-5-20-12(14(15)11(4)18-20)9-19(8-10(2)3)7-6-13(16)17/h10H,5-9H2,1-4H3,(H3,16,17). The molecule has 0 radical (unpaired) electrons. The third-order valence-corrected chi connectivity index (χ3v) is 3.64. The molecule has 0 saturated carbocycles. The van der Waals surface area contributed by atoms with Gasteiger partial charge >= 0.3 is 0 Å². The first-order valence-electron chi connectivity index (χ1n) is 7.12. The maximum Gasteiger partial charge on any atom is 0.0918 e. The number of rotatable bonds is 8. The van der Waals surface area contributed by atoms with Gasteiger partial charge in [0.1, 0.15) is 0 Å². The summed E-state index contributed by atoms with van der Waals surface area (Å²) in [7, 11) is 0. The highest BCUT2D eigenvalue weighted by molar-refractivity contribution is 6.31. The van der Waals surface area contributed by atoms with Gasteiger partial charge in [-0.3, -0.25) is 15.0 Å². The molecule has 0 aliphatic carbocycles. The fraction of sp³-hybridized carbons (Fsp3) is 0.714. The highest BCUT2D eigenvalue weighted by atomic mass is 35.5. The number of amidine groups is 1. The average molecular weight is 300 g/mol. The van der Waals surface area contributed by atoms with E-state index in [0.717, 1.165) is 42.6 Å². The van der Waals surface area contributed by atoms with Gasteiger partial charge in [-0.25, -0.2) is 0 Å². The molecule has 20 heavy (non-hydrogen) atoms. The number of nitrogens with one attached hydrogen (secondary N) is 1. The van der Waals surface area contributed by atoms with E-state index in [-0.39, 0.29) is 5.84 Å². The van der Waals surface area contributed by atoms with Gasteiger partial charge in [0.15, 0.2) is 0 Å². The van der Waals surface area contributed by atoms with Crippen LogP contribution in [0, 0.1) is 18.3 Å². The monoisotopic (exact) mass is 299 g/mol. The Labute approximate surface area is 126 Å². The van der Waals surface area contributed by atoms with Gasteiger partial charge in [-0.1, -0.05) is 25.4 Å². The van der Waals surface area contributed by atoms with Crippen LogP contribution in [0.2, 0.25) is 5.02 Å². The summed E-state index contributed by atoms with van der Waals surface area (Å²) in [4.78, 5) is 2.29. The van der Waals surface area contributed by atoms with E-state index in [1.807, 2.05) is 11.6 Å². The van der Waals surface area contributed by atoms with Crippen LogP contribution in [-0.2, 0) is 13.1 Å². The average Bonchev–Trinajstić information content (AvgIpc) is 2.62. The number of halogens is 1. The predicted molar refractivity (Wildman–Crippen MR) is 84.3 cm³/mol. The molecule has 0 unspecified atom stereocenters. The molecule has 0 aliphatic rings. The zero-order valence-electron chi connectivity index (χ0n) is 12.9. The number of aromatic nitrogens is 2. The van der Waals surface area contributed by atoms with Crippen molar-refractivity contribution in [2.75, 3.05) is 13.1 Å². The van der Waals surface area contributed by atoms with Crippen molar-refractivity contribution < 1.29 is 0 Å². The molecule has 0 bridgehead atoms. The summed E-state index contributed by atoms with van der Waals surface area (Å²) in [6.07, 6.45) is 0.587. The van der Waals surface area contributed by atoms with E-state index >= 15 is 0 Å². The largest absolute Gasteiger partial charge is 0.388 e. The molecule has 1 heterocycles. The Bertz CT molecular complexity index is 453. The van der Waals surface area contributed by atoms with Gasteiger partial charge in [-0.2, -0.15) is 5.10 Å². The van der Waals surface area contributed by atoms with Gasteiger partial charge in [0.05, 0.1) is 22.2 Å². The normalized spacial score (nSPS) is 11.6. The topological polar surface area (TPSA) is 70.9 Å². The smallest absolute Gasteiger partial charge is 0.0918 e. The molecule has 0 amide bonds. The van der Waals surface area contributed by atoms with Crippen molar-refractivity contribution in [1.82, 2.24) is 14.7 Å². The van der Waals surface area contributed by atoms with Crippen molar-refractivity contribution in [3.05, 3.63) is 16.4 Å². The summed E-state index contributed by atoms with van der Waals surface area (Å²) in [5, 5.41) is 12.6. The van der Waals surface area contributed by atoms with Gasteiger partial charge in [-0.15, -0.1) is 0 Å². The molecule has 0 atom stereocenters. The minimum absolute atomic E-state index is 0.227. The molecular formula is C14H26ClN5. The molecule has 0 aromatic carbocycles. The van der Waals surface area contributed by atoms with Crippen LogP contribution in [0.1, 0.15) is 38.6 Å². The summed E-state index contributed by atoms with van der Waals surface area (Å²) >= 11 is 6.36. The first-order chi connectivity index (χ1) is 9.35. The maximum atomic E-state index is 7.38. The van der Waals surface area contributed by atoms with Crippen LogP contribution < -0.4 is 5.73 Å². The fourth-order valence-electron chi connectivity index (χ4n) is 2.26. The number of nitrogens with two attached hydrogens (primary N) is 1. The van der Waals surface area contributed by atoms with Crippen LogP contribution in [0.25, 0.3) is 0 Å². The molecule has 5 nitrogen and oxygen atoms in total. The Balaban J connectivity index is 2.85. The Morgan fingerprint density at radius 2 is 2.15 bits per heavy atom. The van der Waals surface area contributed by atoms with Gasteiger partial charge < -0.3 is 5.73 Å². The van der Waals surface area contributed by atoms with E-state index in [9.17, 15) is 0 Å². The molecule has 1 rings (SSSR count). The van der Waals surface area contributed by atoms with Crippen LogP contribution in [0.4, 0.5) is 0 Å². The van der Waals surface area contributed by atoms with Crippen molar-refractivity contribution >= 4 is 17.4 Å². The van der Waals surface area contributed by atoms with Crippen molar-refractivity contribution in [2.24, 2.45) is 11.7 Å². The molecule has 6 heteroatoms. The van der Waals surface area contributed by atoms with Crippen LogP contribution in [0.15, 0.2) is 0 Å². The molecule has 114 valence electrons. The van der Waals surface area contributed by atoms with Crippen molar-refractivity contribution in [3.63, 3.8) is 0 Å². The van der Waals surface area contributed by atoms with Gasteiger partial charge in [0.2, 0.25) is 0 Å². The van der Waals surface area contributed by atoms with Gasteiger partial charge in [-0.05, 0) is 19.8 Å². The second-order valence-electron chi connectivity index (χ2n) is 5.57. The zero-order valence-corrected chi connectivity index (χ0v) is 13.7. The molecule has 3 N–H and O–H groups in total. The minimum atomic E-state index is 0.227. The van der Waals surface area contributed by atoms with E-state index in [4.69, 9.17) is 22.7 Å². The SMILES string of the molecule is CCn1nc(C)c(Cl)c1CN(CCC(=N)N)CC(C)C. The first-order valence-corrected chi connectivity index (χ1v) is 7.49. The molecule has 1 aromatic heterocycles. The summed E-state index contributed by atoms with van der Waals surface area (Å²) in [5.41, 5.74) is 7.39. The molecule has 1 aromatic rings. The lowest BCUT2D eigenvalue weighted by atomic mass is 10.2. The molecular weight excluding hydrogens is 274 g/mol. The highest BCUT2D eigenvalue weighted by Gasteiger charge is 2.17. The lowest BCUT2D eigenvalue weighted by Crippen LogP contribution is -2.31. The number of nitrogens with zero attached hydrogens (tertiary/aromatic N) is 3. The summed E-state index contributed by atoms with van der Waals surface area (Å²) in [6.45, 7) is 11.7. The molecule has 0 aliphatic heterocycles. The molecule has 0 saturated heterocycles. The van der Waals surface area contributed by atoms with Crippen molar-refractivity contribution in [2.45, 2.75) is 47.2 Å². The quantitative estimate of drug-likeness (QED) is 0.572. The lowest BCUT2D eigenvalue weighted by molar-refractivity contribution is 0.235. The van der Waals surface area contributed by atoms with E-state index in [1.165, 1.54) is 0 Å². The second kappa shape index (κ2) is 7.64. The maximum absolute atomic E-state index is 7.38. The Morgan fingerprint density at radius 1 is 1.50 bits per heavy atom. The van der Waals surface area contributed by atoms with Crippen LogP contribution >= 0.6 is 11.6 Å². The molecule has 0 fully saturated rings. The van der Waals surface area contributed by atoms with Crippen molar-refractivity contribution in [3.8, 4) is 0 Å². The highest BCUT2D eigenvalue weighted by Crippen LogP contribution is 2.22. The molecule has 0 spiro atoms. The fourth-order valence-corrected chi connectivity index (χ4v) is 2.46. The van der Waals surface area contributed by atoms with Crippen LogP contribution in [0.3, 0.4) is 0 Å². The summed E-state index contributed by atoms with van der Waals surface area (Å²) in [6, 6.07) is 0. The lowest BCUT2D eigenvalue weighted by Gasteiger charge is -2.24. The van der Waals surface area contributed by atoms with Crippen LogP contribution in [-0.4, -0.2) is 33.6 Å². The van der Waals surface area contributed by atoms with E-state index in [1.54, 1.807) is 0 Å². The third kappa shape index (κ3) is 4.80. The van der Waals surface area contributed by atoms with Gasteiger partial charge in [0.25, 0.3) is 0 Å². The Hall–Kier alpha value is -1.07. The minimum Gasteiger partial charge on any atom is -0.388 e. The number of hydrogen-bond acceptors (Lipinski definition) is 3. The van der Waals surface area contributed by atoms with Crippen molar-refractivity contribution in [1.29, 1.82) is 5.41 Å². The van der Waals surface area contributed by atoms with Gasteiger partial charge in [0, 0.05) is 32.6 Å². The number of aryl methyl sites for hydroxylation is 2. The second-order valence-corrected chi connectivity index (χ2v) is 5.94. The zero-order chi connectivity index (χ0) is 15.3. The third-order valence-electron chi connectivity index (χ3n) is 3.15. The predicted octanol–water partition coefficient (Wildman–Crippen LogP) is 2.65. The van der Waals surface area contributed by atoms with Crippen LogP contribution in [0.5, 0.6) is 0 Å². The van der Waals surface area contributed by atoms with E-state index in [0.29, 0.717) is 12.3 Å². The number of hydrogen-bond donors (Lipinski definition) is 2. The van der Waals surface area contributed by atoms with E-state index < -0.39 is 0 Å². The first kappa shape index (κ1) is 17.0. The Kier molecular flexibility index (Phi) is 6.49. The Morgan fingerprint density at radius 3 is 2.65 bits per heavy atom. The summed E-state index contributed by atoms with van der Waals surface area (Å²) < 4.78 is 1.96.